The molecule has 2 heterocycles. The summed E-state index contributed by atoms with van der Waals surface area (Å²) >= 11 is 1.94. The molecule has 1 aliphatic rings. The molecule has 25 heavy (non-hydrogen) atoms. The smallest absolute Gasteiger partial charge is 0.214 e. The van der Waals surface area contributed by atoms with E-state index in [2.05, 4.69) is 50.5 Å². The average Bonchev–Trinajstić information content (AvgIpc) is 3.22. The molecule has 1 aliphatic heterocycles. The number of hydrogen-bond donors (Lipinski definition) is 1. The number of thioether (sulfide) groups is 1. The van der Waals surface area contributed by atoms with Crippen LogP contribution in [-0.4, -0.2) is 41.7 Å². The molecule has 0 spiro atoms. The monoisotopic (exact) mass is 358 g/mol. The molecule has 1 aromatic heterocycles. The van der Waals surface area contributed by atoms with Crippen molar-refractivity contribution in [3.63, 3.8) is 0 Å². The van der Waals surface area contributed by atoms with Gasteiger partial charge in [-0.2, -0.15) is 0 Å². The predicted molar refractivity (Wildman–Crippen MR) is 103 cm³/mol. The number of guanidine groups is 1. The van der Waals surface area contributed by atoms with Crippen LogP contribution in [0.5, 0.6) is 0 Å². The van der Waals surface area contributed by atoms with E-state index in [-0.39, 0.29) is 0 Å². The highest BCUT2D eigenvalue weighted by Crippen LogP contribution is 2.25. The van der Waals surface area contributed by atoms with Crippen LogP contribution in [0.3, 0.4) is 0 Å². The number of nitrogens with one attached hydrogen (secondary N) is 1. The van der Waals surface area contributed by atoms with Crippen LogP contribution < -0.4 is 5.32 Å². The van der Waals surface area contributed by atoms with Gasteiger partial charge in [-0.3, -0.25) is 4.99 Å². The van der Waals surface area contributed by atoms with Crippen molar-refractivity contribution in [2.24, 2.45) is 10.9 Å². The SMILES string of the molecule is CN=C(NCc1nc(C)c(C)o1)N1CCC(CSc2ccccc2)C1. The Kier molecular flexibility index (Phi) is 6.02. The molecular weight excluding hydrogens is 332 g/mol. The topological polar surface area (TPSA) is 53.7 Å². The highest BCUT2D eigenvalue weighted by atomic mass is 32.2. The number of likely N-dealkylation sites (tertiary alicyclic amines) is 1. The average molecular weight is 359 g/mol. The lowest BCUT2D eigenvalue weighted by Crippen LogP contribution is -2.39. The lowest BCUT2D eigenvalue weighted by Gasteiger charge is -2.21. The molecule has 1 saturated heterocycles. The molecule has 0 radical (unpaired) electrons. The van der Waals surface area contributed by atoms with Gasteiger partial charge in [-0.05, 0) is 38.3 Å². The standard InChI is InChI=1S/C19H26N4OS/c1-14-15(2)24-18(22-14)11-21-19(20-3)23-10-9-16(12-23)13-25-17-7-5-4-6-8-17/h4-8,16H,9-13H2,1-3H3,(H,20,21). The van der Waals surface area contributed by atoms with Crippen molar-refractivity contribution in [2.75, 3.05) is 25.9 Å². The van der Waals surface area contributed by atoms with E-state index in [9.17, 15) is 0 Å². The van der Waals surface area contributed by atoms with Crippen LogP contribution in [0.1, 0.15) is 23.8 Å². The number of aliphatic imine (C=N–C) groups is 1. The Morgan fingerprint density at radius 2 is 2.16 bits per heavy atom. The van der Waals surface area contributed by atoms with E-state index in [1.807, 2.05) is 32.7 Å². The van der Waals surface area contributed by atoms with Gasteiger partial charge in [0.25, 0.3) is 0 Å². The molecule has 5 nitrogen and oxygen atoms in total. The fraction of sp³-hybridized carbons (Fsp3) is 0.474. The summed E-state index contributed by atoms with van der Waals surface area (Å²) < 4.78 is 5.63. The van der Waals surface area contributed by atoms with Crippen LogP contribution >= 0.6 is 11.8 Å². The van der Waals surface area contributed by atoms with Crippen LogP contribution in [0, 0.1) is 19.8 Å². The summed E-state index contributed by atoms with van der Waals surface area (Å²) in [7, 11) is 1.83. The van der Waals surface area contributed by atoms with Gasteiger partial charge < -0.3 is 14.6 Å². The van der Waals surface area contributed by atoms with Gasteiger partial charge in [0, 0.05) is 30.8 Å². The molecule has 1 N–H and O–H groups in total. The summed E-state index contributed by atoms with van der Waals surface area (Å²) in [5.41, 5.74) is 0.950. The van der Waals surface area contributed by atoms with E-state index in [1.54, 1.807) is 0 Å². The molecule has 1 atom stereocenters. The molecule has 0 amide bonds. The molecule has 0 saturated carbocycles. The summed E-state index contributed by atoms with van der Waals surface area (Å²) in [5.74, 6) is 4.36. The van der Waals surface area contributed by atoms with Crippen molar-refractivity contribution in [3.8, 4) is 0 Å². The molecule has 2 aromatic rings. The second-order valence-electron chi connectivity index (χ2n) is 6.37. The Balaban J connectivity index is 1.47. The first-order chi connectivity index (χ1) is 12.2. The zero-order chi connectivity index (χ0) is 17.6. The third-order valence-corrected chi connectivity index (χ3v) is 5.74. The fourth-order valence-electron chi connectivity index (χ4n) is 2.99. The summed E-state index contributed by atoms with van der Waals surface area (Å²) in [4.78, 5) is 12.5. The maximum Gasteiger partial charge on any atom is 0.214 e. The van der Waals surface area contributed by atoms with Gasteiger partial charge in [0.2, 0.25) is 5.89 Å². The maximum atomic E-state index is 5.63. The van der Waals surface area contributed by atoms with E-state index in [4.69, 9.17) is 4.42 Å². The fourth-order valence-corrected chi connectivity index (χ4v) is 4.04. The van der Waals surface area contributed by atoms with Gasteiger partial charge in [0.05, 0.1) is 12.2 Å². The van der Waals surface area contributed by atoms with Crippen molar-refractivity contribution >= 4 is 17.7 Å². The van der Waals surface area contributed by atoms with Crippen LogP contribution in [0.4, 0.5) is 0 Å². The Labute approximate surface area is 153 Å². The quantitative estimate of drug-likeness (QED) is 0.504. The number of aromatic nitrogens is 1. The second-order valence-corrected chi connectivity index (χ2v) is 7.47. The summed E-state index contributed by atoms with van der Waals surface area (Å²) in [5, 5.41) is 3.38. The largest absolute Gasteiger partial charge is 0.444 e. The third-order valence-electron chi connectivity index (χ3n) is 4.50. The first-order valence-corrected chi connectivity index (χ1v) is 9.70. The molecular formula is C19H26N4OS. The molecule has 0 aliphatic carbocycles. The van der Waals surface area contributed by atoms with Crippen molar-refractivity contribution in [1.82, 2.24) is 15.2 Å². The number of rotatable bonds is 5. The highest BCUT2D eigenvalue weighted by molar-refractivity contribution is 7.99. The molecule has 6 heteroatoms. The first kappa shape index (κ1) is 17.9. The van der Waals surface area contributed by atoms with Crippen LogP contribution in [-0.2, 0) is 6.54 Å². The Bertz CT molecular complexity index is 694. The number of nitrogens with zero attached hydrogens (tertiary/aromatic N) is 3. The summed E-state index contributed by atoms with van der Waals surface area (Å²) in [6, 6.07) is 10.6. The van der Waals surface area contributed by atoms with Gasteiger partial charge in [-0.15, -0.1) is 11.8 Å². The van der Waals surface area contributed by atoms with Crippen molar-refractivity contribution in [2.45, 2.75) is 31.7 Å². The van der Waals surface area contributed by atoms with Gasteiger partial charge in [0.1, 0.15) is 5.76 Å². The highest BCUT2D eigenvalue weighted by Gasteiger charge is 2.25. The minimum atomic E-state index is 0.571. The zero-order valence-corrected chi connectivity index (χ0v) is 16.0. The molecule has 1 fully saturated rings. The molecule has 0 bridgehead atoms. The lowest BCUT2D eigenvalue weighted by molar-refractivity contribution is 0.442. The predicted octanol–water partition coefficient (Wildman–Crippen LogP) is 3.48. The number of aryl methyl sites for hydroxylation is 2. The van der Waals surface area contributed by atoms with E-state index in [0.717, 1.165) is 36.3 Å². The zero-order valence-electron chi connectivity index (χ0n) is 15.2. The third kappa shape index (κ3) is 4.78. The summed E-state index contributed by atoms with van der Waals surface area (Å²) in [6.07, 6.45) is 1.21. The van der Waals surface area contributed by atoms with Gasteiger partial charge >= 0.3 is 0 Å². The molecule has 134 valence electrons. The first-order valence-electron chi connectivity index (χ1n) is 8.72. The molecule has 1 unspecified atom stereocenters. The van der Waals surface area contributed by atoms with E-state index >= 15 is 0 Å². The minimum Gasteiger partial charge on any atom is -0.444 e. The number of benzene rings is 1. The van der Waals surface area contributed by atoms with Gasteiger partial charge in [-0.1, -0.05) is 18.2 Å². The summed E-state index contributed by atoms with van der Waals surface area (Å²) in [6.45, 7) is 6.57. The van der Waals surface area contributed by atoms with E-state index < -0.39 is 0 Å². The number of oxazole rings is 1. The van der Waals surface area contributed by atoms with E-state index in [0.29, 0.717) is 18.4 Å². The Morgan fingerprint density at radius 1 is 1.36 bits per heavy atom. The van der Waals surface area contributed by atoms with Gasteiger partial charge in [-0.25, -0.2) is 4.98 Å². The van der Waals surface area contributed by atoms with Crippen LogP contribution in [0.2, 0.25) is 0 Å². The van der Waals surface area contributed by atoms with Gasteiger partial charge in [0.15, 0.2) is 5.96 Å². The van der Waals surface area contributed by atoms with Crippen molar-refractivity contribution in [3.05, 3.63) is 47.7 Å². The van der Waals surface area contributed by atoms with Crippen molar-refractivity contribution < 1.29 is 4.42 Å². The van der Waals surface area contributed by atoms with Crippen molar-refractivity contribution in [1.29, 1.82) is 0 Å². The molecule has 3 rings (SSSR count). The van der Waals surface area contributed by atoms with Crippen LogP contribution in [0.25, 0.3) is 0 Å². The lowest BCUT2D eigenvalue weighted by atomic mass is 10.2. The Hall–Kier alpha value is -1.95. The minimum absolute atomic E-state index is 0.571. The molecule has 1 aromatic carbocycles. The van der Waals surface area contributed by atoms with Crippen LogP contribution in [0.15, 0.2) is 44.6 Å². The maximum absolute atomic E-state index is 5.63. The number of hydrogen-bond acceptors (Lipinski definition) is 4. The second kappa shape index (κ2) is 8.43. The normalized spacial score (nSPS) is 18.0. The van der Waals surface area contributed by atoms with E-state index in [1.165, 1.54) is 11.3 Å². The Morgan fingerprint density at radius 3 is 2.84 bits per heavy atom.